The molecule has 3 nitrogen and oxygen atoms in total. The van der Waals surface area contributed by atoms with Crippen molar-refractivity contribution in [3.05, 3.63) is 136 Å². The zero-order chi connectivity index (χ0) is 45.8. The van der Waals surface area contributed by atoms with Crippen LogP contribution in [-0.4, -0.2) is 7.28 Å². The van der Waals surface area contributed by atoms with E-state index in [1.54, 1.807) is 0 Å². The van der Waals surface area contributed by atoms with Crippen molar-refractivity contribution in [3.8, 4) is 11.1 Å². The summed E-state index contributed by atoms with van der Waals surface area (Å²) in [4.78, 5) is 2.63. The fourth-order valence-corrected chi connectivity index (χ4v) is 12.5. The van der Waals surface area contributed by atoms with Gasteiger partial charge in [-0.15, -0.1) is 0 Å². The molecule has 0 saturated heterocycles. The monoisotopic (exact) mass is 856 g/mol. The number of benzene rings is 6. The zero-order valence-corrected chi connectivity index (χ0v) is 41.4. The first-order chi connectivity index (χ1) is 30.5. The summed E-state index contributed by atoms with van der Waals surface area (Å²) in [6.07, 6.45) is 7.10. The fraction of sp³-hybridized carbons (Fsp3) is 0.410. The van der Waals surface area contributed by atoms with Crippen molar-refractivity contribution < 1.29 is 4.42 Å². The molecule has 331 valence electrons. The molecule has 0 amide bonds. The topological polar surface area (TPSA) is 28.4 Å². The molecule has 0 spiro atoms. The molecule has 1 aromatic heterocycles. The normalized spacial score (nSPS) is 20.2. The van der Waals surface area contributed by atoms with E-state index in [1.165, 1.54) is 117 Å². The lowest BCUT2D eigenvalue weighted by Crippen LogP contribution is -2.44. The predicted octanol–water partition coefficient (Wildman–Crippen LogP) is 15.8. The van der Waals surface area contributed by atoms with Gasteiger partial charge < -0.3 is 14.6 Å². The largest absolute Gasteiger partial charge is 0.456 e. The van der Waals surface area contributed by atoms with Gasteiger partial charge in [0.2, 0.25) is 0 Å². The van der Waals surface area contributed by atoms with Crippen LogP contribution in [0.2, 0.25) is 0 Å². The van der Waals surface area contributed by atoms with Crippen LogP contribution >= 0.6 is 0 Å². The summed E-state index contributed by atoms with van der Waals surface area (Å²) in [5.74, 6) is 0. The first-order valence-electron chi connectivity index (χ1n) is 24.6. The number of hydrogen-bond acceptors (Lipinski definition) is 3. The lowest BCUT2D eigenvalue weighted by atomic mass is 9.55. The van der Waals surface area contributed by atoms with Gasteiger partial charge >= 0.3 is 0 Å². The highest BCUT2D eigenvalue weighted by Gasteiger charge is 2.42. The van der Waals surface area contributed by atoms with E-state index < -0.39 is 0 Å². The Balaban J connectivity index is 1.17. The van der Waals surface area contributed by atoms with Crippen LogP contribution in [0, 0.1) is 6.92 Å². The number of hydrogen-bond donors (Lipinski definition) is 1. The number of fused-ring (bicyclic) bond motifs is 8. The van der Waals surface area contributed by atoms with Crippen LogP contribution in [-0.2, 0) is 32.5 Å². The minimum absolute atomic E-state index is 0.0798. The molecule has 4 heteroatoms. The fourth-order valence-electron chi connectivity index (χ4n) is 12.5. The third kappa shape index (κ3) is 6.58. The van der Waals surface area contributed by atoms with E-state index in [0.29, 0.717) is 0 Å². The molecule has 6 aromatic carbocycles. The Morgan fingerprint density at radius 2 is 1.05 bits per heavy atom. The van der Waals surface area contributed by atoms with Gasteiger partial charge in [0.05, 0.1) is 11.1 Å². The van der Waals surface area contributed by atoms with Crippen LogP contribution in [0.3, 0.4) is 0 Å². The lowest BCUT2D eigenvalue weighted by Gasteiger charge is -2.45. The van der Waals surface area contributed by atoms with Crippen molar-refractivity contribution >= 4 is 68.6 Å². The van der Waals surface area contributed by atoms with Crippen molar-refractivity contribution in [3.63, 3.8) is 0 Å². The van der Waals surface area contributed by atoms with Crippen LogP contribution in [0.15, 0.2) is 101 Å². The van der Waals surface area contributed by atoms with Crippen LogP contribution in [0.25, 0.3) is 33.1 Å². The van der Waals surface area contributed by atoms with E-state index in [9.17, 15) is 0 Å². The van der Waals surface area contributed by atoms with Crippen molar-refractivity contribution in [1.29, 1.82) is 0 Å². The standard InChI is InChI=1S/C61H68BN2O/c1-36-30-41(39-20-23-52-53(40-16-14-15-17-51(40)65-52)55(39)63-37-18-21-42-44(32-37)58(6,7)26-24-56(42,2)3)54-50(31-36)64(38-19-22-43-45(33-38)59(8,9)27-25-57(43,4)5)49-35-47-46(34-48(49)62-54)60(10,11)28-29-61(47,12)13/h14-23,30-35,63H,24-29H2,1-13H3. The third-order valence-corrected chi connectivity index (χ3v) is 17.1. The van der Waals surface area contributed by atoms with Crippen LogP contribution in [0.1, 0.15) is 161 Å². The lowest BCUT2D eigenvalue weighted by molar-refractivity contribution is 0.332. The van der Waals surface area contributed by atoms with E-state index >= 15 is 0 Å². The molecule has 3 aliphatic carbocycles. The van der Waals surface area contributed by atoms with Crippen LogP contribution < -0.4 is 21.1 Å². The molecule has 1 aliphatic heterocycles. The number of nitrogens with one attached hydrogen (secondary N) is 1. The summed E-state index contributed by atoms with van der Waals surface area (Å²) in [5, 5.41) is 6.37. The number of rotatable bonds is 4. The maximum absolute atomic E-state index is 6.64. The number of nitrogens with zero attached hydrogens (tertiary/aromatic N) is 1. The Labute approximate surface area is 389 Å². The molecule has 2 heterocycles. The summed E-state index contributed by atoms with van der Waals surface area (Å²) < 4.78 is 6.64. The van der Waals surface area contributed by atoms with Gasteiger partial charge in [0, 0.05) is 33.7 Å². The van der Waals surface area contributed by atoms with Crippen LogP contribution in [0.5, 0.6) is 0 Å². The summed E-state index contributed by atoms with van der Waals surface area (Å²) in [7, 11) is 2.52. The Morgan fingerprint density at radius 1 is 0.492 bits per heavy atom. The van der Waals surface area contributed by atoms with Crippen molar-refractivity contribution in [2.75, 3.05) is 10.2 Å². The Kier molecular flexibility index (Phi) is 9.08. The Morgan fingerprint density at radius 3 is 1.69 bits per heavy atom. The second-order valence-electron chi connectivity index (χ2n) is 24.6. The molecule has 0 atom stereocenters. The average Bonchev–Trinajstić information content (AvgIpc) is 3.64. The van der Waals surface area contributed by atoms with Crippen molar-refractivity contribution in [2.24, 2.45) is 0 Å². The molecular formula is C61H68BN2O. The number of para-hydroxylation sites is 1. The highest BCUT2D eigenvalue weighted by atomic mass is 16.3. The van der Waals surface area contributed by atoms with Gasteiger partial charge in [0.25, 0.3) is 0 Å². The number of aryl methyl sites for hydroxylation is 1. The maximum atomic E-state index is 6.64. The molecule has 4 aliphatic rings. The maximum Gasteiger partial charge on any atom is 0.197 e. The van der Waals surface area contributed by atoms with Gasteiger partial charge in [-0.2, -0.15) is 0 Å². The molecule has 1 radical (unpaired) electrons. The summed E-state index contributed by atoms with van der Waals surface area (Å²) >= 11 is 0. The van der Waals surface area contributed by atoms with Gasteiger partial charge in [0.1, 0.15) is 11.2 Å². The highest BCUT2D eigenvalue weighted by molar-refractivity contribution is 6.73. The summed E-state index contributed by atoms with van der Waals surface area (Å²) in [5.41, 5.74) is 23.4. The molecule has 0 bridgehead atoms. The van der Waals surface area contributed by atoms with Crippen LogP contribution in [0.4, 0.5) is 28.4 Å². The van der Waals surface area contributed by atoms with Crippen molar-refractivity contribution in [1.82, 2.24) is 0 Å². The van der Waals surface area contributed by atoms with Gasteiger partial charge in [-0.1, -0.05) is 131 Å². The average molecular weight is 856 g/mol. The summed E-state index contributed by atoms with van der Waals surface area (Å²) in [6.45, 7) is 31.5. The molecular weight excluding hydrogens is 787 g/mol. The molecule has 65 heavy (non-hydrogen) atoms. The number of anilines is 5. The Bertz CT molecular complexity index is 3130. The van der Waals surface area contributed by atoms with Gasteiger partial charge in [-0.05, 0) is 183 Å². The summed E-state index contributed by atoms with van der Waals surface area (Å²) in [6, 6.07) is 37.7. The second-order valence-corrected chi connectivity index (χ2v) is 24.6. The van der Waals surface area contributed by atoms with E-state index in [-0.39, 0.29) is 32.5 Å². The van der Waals surface area contributed by atoms with E-state index in [0.717, 1.165) is 33.3 Å². The second kappa shape index (κ2) is 13.9. The molecule has 0 saturated carbocycles. The molecule has 11 rings (SSSR count). The minimum atomic E-state index is 0.0798. The van der Waals surface area contributed by atoms with Gasteiger partial charge in [-0.3, -0.25) is 0 Å². The molecule has 0 fully saturated rings. The van der Waals surface area contributed by atoms with Gasteiger partial charge in [0.15, 0.2) is 7.28 Å². The van der Waals surface area contributed by atoms with Gasteiger partial charge in [-0.25, -0.2) is 0 Å². The molecule has 7 aromatic rings. The minimum Gasteiger partial charge on any atom is -0.456 e. The molecule has 1 N–H and O–H groups in total. The predicted molar refractivity (Wildman–Crippen MR) is 279 cm³/mol. The zero-order valence-electron chi connectivity index (χ0n) is 41.4. The van der Waals surface area contributed by atoms with E-state index in [1.807, 2.05) is 0 Å². The first-order valence-corrected chi connectivity index (χ1v) is 24.6. The third-order valence-electron chi connectivity index (χ3n) is 17.1. The molecule has 0 unspecified atom stereocenters. The number of furan rings is 1. The highest BCUT2D eigenvalue weighted by Crippen LogP contribution is 2.53. The van der Waals surface area contributed by atoms with E-state index in [4.69, 9.17) is 4.42 Å². The van der Waals surface area contributed by atoms with E-state index in [2.05, 4.69) is 205 Å². The van der Waals surface area contributed by atoms with Crippen molar-refractivity contribution in [2.45, 2.75) is 161 Å². The first kappa shape index (κ1) is 42.4. The quantitative estimate of drug-likeness (QED) is 0.179. The smallest absolute Gasteiger partial charge is 0.197 e. The Hall–Kier alpha value is -5.22. The SMILES string of the molecule is Cc1cc(-c2ccc3oc4ccccc4c3c2Nc2ccc3c(c2)C(C)(C)CCC3(C)C)c2c(c1)N(c1ccc3c(c1)C(C)(C)CCC3(C)C)c1cc3c(cc1[B]2)C(C)(C)CCC3(C)C.